The van der Waals surface area contributed by atoms with Crippen LogP contribution in [-0.4, -0.2) is 72.5 Å². The van der Waals surface area contributed by atoms with Crippen LogP contribution in [0.25, 0.3) is 20.8 Å². The zero-order chi connectivity index (χ0) is 29.3. The number of hydrogen-bond acceptors (Lipinski definition) is 11. The number of nitrogens with zero attached hydrogens (tertiary/aromatic N) is 4. The number of pyridine rings is 1. The fraction of sp³-hybridized carbons (Fsp3) is 0.407. The van der Waals surface area contributed by atoms with Gasteiger partial charge in [-0.15, -0.1) is 24.5 Å². The average molecular weight is 591 g/mol. The summed E-state index contributed by atoms with van der Waals surface area (Å²) in [6.45, 7) is 3.45. The van der Waals surface area contributed by atoms with E-state index in [2.05, 4.69) is 25.3 Å². The van der Waals surface area contributed by atoms with Crippen molar-refractivity contribution in [2.75, 3.05) is 17.2 Å². The first kappa shape index (κ1) is 28.9. The van der Waals surface area contributed by atoms with Crippen molar-refractivity contribution >= 4 is 33.3 Å². The summed E-state index contributed by atoms with van der Waals surface area (Å²) in [5.41, 5.74) is 2.76. The van der Waals surface area contributed by atoms with Gasteiger partial charge in [-0.25, -0.2) is 9.97 Å². The summed E-state index contributed by atoms with van der Waals surface area (Å²) in [7, 11) is 0. The Morgan fingerprint density at radius 1 is 1.10 bits per heavy atom. The largest absolute Gasteiger partial charge is 0.573 e. The highest BCUT2D eigenvalue weighted by atomic mass is 32.1. The second-order valence-corrected chi connectivity index (χ2v) is 11.1. The van der Waals surface area contributed by atoms with Gasteiger partial charge in [-0.2, -0.15) is 4.98 Å². The van der Waals surface area contributed by atoms with Gasteiger partial charge in [0, 0.05) is 24.8 Å². The molecule has 0 saturated heterocycles. The molecule has 5 rings (SSSR count). The SMILES string of the molecule is Cc1nc(N[C@H](C)Cc2ccc(OC(F)(F)F)cc2)nc(N[C@@H]2C[C@H](CO)[C@@H](O)[C@H]2O)c1-c1nc2cnccc2s1. The van der Waals surface area contributed by atoms with Gasteiger partial charge in [-0.3, -0.25) is 4.98 Å². The van der Waals surface area contributed by atoms with Crippen LogP contribution in [0.2, 0.25) is 0 Å². The van der Waals surface area contributed by atoms with E-state index in [4.69, 9.17) is 9.97 Å². The van der Waals surface area contributed by atoms with Gasteiger partial charge >= 0.3 is 6.36 Å². The van der Waals surface area contributed by atoms with Gasteiger partial charge in [0.1, 0.15) is 28.2 Å². The van der Waals surface area contributed by atoms with Crippen molar-refractivity contribution in [3.63, 3.8) is 0 Å². The smallest absolute Gasteiger partial charge is 0.406 e. The number of fused-ring (bicyclic) bond motifs is 1. The maximum Gasteiger partial charge on any atom is 0.573 e. The molecule has 0 bridgehead atoms. The number of aryl methyl sites for hydroxylation is 1. The molecular weight excluding hydrogens is 561 g/mol. The monoisotopic (exact) mass is 590 g/mol. The first-order chi connectivity index (χ1) is 19.5. The molecule has 14 heteroatoms. The fourth-order valence-electron chi connectivity index (χ4n) is 4.96. The average Bonchev–Trinajstić information content (AvgIpc) is 3.45. The van der Waals surface area contributed by atoms with Crippen molar-refractivity contribution in [2.45, 2.75) is 57.3 Å². The van der Waals surface area contributed by atoms with Gasteiger partial charge in [-0.05, 0) is 50.5 Å². The van der Waals surface area contributed by atoms with E-state index in [1.807, 2.05) is 19.9 Å². The van der Waals surface area contributed by atoms with Gasteiger partial charge in [-0.1, -0.05) is 12.1 Å². The van der Waals surface area contributed by atoms with Gasteiger partial charge in [0.05, 0.1) is 34.3 Å². The molecule has 1 saturated carbocycles. The Hall–Kier alpha value is -3.59. The summed E-state index contributed by atoms with van der Waals surface area (Å²) in [5, 5.41) is 37.8. The predicted molar refractivity (Wildman–Crippen MR) is 148 cm³/mol. The molecule has 1 fully saturated rings. The van der Waals surface area contributed by atoms with Crippen LogP contribution in [-0.2, 0) is 6.42 Å². The zero-order valence-corrected chi connectivity index (χ0v) is 22.9. The number of hydrogen-bond donors (Lipinski definition) is 5. The number of anilines is 2. The van der Waals surface area contributed by atoms with Crippen LogP contribution in [0.4, 0.5) is 24.9 Å². The number of alkyl halides is 3. The number of aromatic nitrogens is 4. The molecule has 4 aromatic rings. The molecule has 218 valence electrons. The van der Waals surface area contributed by atoms with E-state index in [0.717, 1.165) is 15.8 Å². The fourth-order valence-corrected chi connectivity index (χ4v) is 5.99. The molecule has 3 aromatic heterocycles. The summed E-state index contributed by atoms with van der Waals surface area (Å²) in [6.07, 6.45) is -2.80. The van der Waals surface area contributed by atoms with Crippen molar-refractivity contribution in [3.8, 4) is 16.3 Å². The quantitative estimate of drug-likeness (QED) is 0.195. The van der Waals surface area contributed by atoms with E-state index in [1.54, 1.807) is 24.5 Å². The number of nitrogens with one attached hydrogen (secondary N) is 2. The third kappa shape index (κ3) is 6.67. The lowest BCUT2D eigenvalue weighted by atomic mass is 10.1. The lowest BCUT2D eigenvalue weighted by molar-refractivity contribution is -0.274. The van der Waals surface area contributed by atoms with Gasteiger partial charge in [0.2, 0.25) is 5.95 Å². The molecule has 1 aliphatic rings. The Labute approximate surface area is 237 Å². The second kappa shape index (κ2) is 11.7. The summed E-state index contributed by atoms with van der Waals surface area (Å²) < 4.78 is 42.2. The van der Waals surface area contributed by atoms with Crippen LogP contribution >= 0.6 is 11.3 Å². The van der Waals surface area contributed by atoms with Crippen molar-refractivity contribution in [1.29, 1.82) is 0 Å². The van der Waals surface area contributed by atoms with E-state index in [-0.39, 0.29) is 18.4 Å². The molecule has 10 nitrogen and oxygen atoms in total. The molecule has 0 spiro atoms. The van der Waals surface area contributed by atoms with Crippen molar-refractivity contribution in [3.05, 3.63) is 54.0 Å². The Kier molecular flexibility index (Phi) is 8.27. The highest BCUT2D eigenvalue weighted by molar-refractivity contribution is 7.21. The summed E-state index contributed by atoms with van der Waals surface area (Å²) in [4.78, 5) is 18.2. The van der Waals surface area contributed by atoms with E-state index < -0.39 is 30.5 Å². The molecule has 3 heterocycles. The minimum atomic E-state index is -4.75. The van der Waals surface area contributed by atoms with Crippen LogP contribution in [0.5, 0.6) is 5.75 Å². The molecule has 0 amide bonds. The van der Waals surface area contributed by atoms with Crippen LogP contribution in [0, 0.1) is 12.8 Å². The highest BCUT2D eigenvalue weighted by Crippen LogP contribution is 2.38. The van der Waals surface area contributed by atoms with Crippen molar-refractivity contribution in [2.24, 2.45) is 5.92 Å². The normalized spacial score (nSPS) is 21.7. The maximum absolute atomic E-state index is 12.5. The Balaban J connectivity index is 1.41. The first-order valence-corrected chi connectivity index (χ1v) is 13.8. The summed E-state index contributed by atoms with van der Waals surface area (Å²) in [5.74, 6) is -0.0659. The van der Waals surface area contributed by atoms with Crippen LogP contribution in [0.3, 0.4) is 0 Å². The number of thiazole rings is 1. The third-order valence-corrected chi connectivity index (χ3v) is 7.98. The molecule has 1 aromatic carbocycles. The third-order valence-electron chi connectivity index (χ3n) is 6.93. The molecular formula is C27H29F3N6O4S. The highest BCUT2D eigenvalue weighted by Gasteiger charge is 2.41. The molecule has 1 aliphatic carbocycles. The summed E-state index contributed by atoms with van der Waals surface area (Å²) >= 11 is 1.44. The standard InChI is InChI=1S/C27H29F3N6O4S/c1-13(9-15-3-5-17(6-4-15)40-27(28,29)30)32-26-33-14(2)21(25-35-19-11-31-8-7-20(19)41-25)24(36-26)34-18-10-16(12-37)22(38)23(18)39/h3-8,11,13,16,18,22-23,37-39H,9-10,12H2,1-2H3,(H2,32,33,34,36)/t13-,16-,18-,22-,23+/m1/s1. The van der Waals surface area contributed by atoms with Crippen LogP contribution in [0.15, 0.2) is 42.7 Å². The molecule has 0 aliphatic heterocycles. The minimum absolute atomic E-state index is 0.200. The van der Waals surface area contributed by atoms with E-state index in [0.29, 0.717) is 40.9 Å². The van der Waals surface area contributed by atoms with Crippen LogP contribution < -0.4 is 15.4 Å². The molecule has 0 radical (unpaired) electrons. The maximum atomic E-state index is 12.5. The Morgan fingerprint density at radius 2 is 1.85 bits per heavy atom. The van der Waals surface area contributed by atoms with E-state index in [9.17, 15) is 28.5 Å². The number of aliphatic hydroxyl groups excluding tert-OH is 3. The number of rotatable bonds is 9. The van der Waals surface area contributed by atoms with Gasteiger partial charge < -0.3 is 30.7 Å². The second-order valence-electron chi connectivity index (χ2n) is 10.1. The van der Waals surface area contributed by atoms with Gasteiger partial charge in [0.15, 0.2) is 0 Å². The predicted octanol–water partition coefficient (Wildman–Crippen LogP) is 3.91. The number of benzene rings is 1. The molecule has 0 unspecified atom stereocenters. The molecule has 5 atom stereocenters. The zero-order valence-electron chi connectivity index (χ0n) is 22.1. The molecule has 41 heavy (non-hydrogen) atoms. The number of ether oxygens (including phenoxy) is 1. The Morgan fingerprint density at radius 3 is 2.51 bits per heavy atom. The minimum Gasteiger partial charge on any atom is -0.406 e. The van der Waals surface area contributed by atoms with Crippen molar-refractivity contribution in [1.82, 2.24) is 19.9 Å². The topological polar surface area (TPSA) is 146 Å². The molecule has 5 N–H and O–H groups in total. The lowest BCUT2D eigenvalue weighted by Crippen LogP contribution is -2.36. The van der Waals surface area contributed by atoms with Crippen molar-refractivity contribution < 1.29 is 33.2 Å². The van der Waals surface area contributed by atoms with E-state index >= 15 is 0 Å². The number of aliphatic hydroxyl groups is 3. The summed E-state index contributed by atoms with van der Waals surface area (Å²) in [6, 6.07) is 6.75. The van der Waals surface area contributed by atoms with Crippen LogP contribution in [0.1, 0.15) is 24.6 Å². The first-order valence-electron chi connectivity index (χ1n) is 12.9. The lowest BCUT2D eigenvalue weighted by Gasteiger charge is -2.22. The Bertz CT molecular complexity index is 1470. The van der Waals surface area contributed by atoms with Gasteiger partial charge in [0.25, 0.3) is 0 Å². The number of halogens is 3. The van der Waals surface area contributed by atoms with E-state index in [1.165, 1.54) is 23.5 Å².